The van der Waals surface area contributed by atoms with Crippen molar-refractivity contribution in [2.45, 2.75) is 39.3 Å². The normalized spacial score (nSPS) is 18.9. The maximum Gasteiger partial charge on any atom is 0.224 e. The fraction of sp³-hybridized carbons (Fsp3) is 0.286. The van der Waals surface area contributed by atoms with E-state index in [0.29, 0.717) is 0 Å². The van der Waals surface area contributed by atoms with Crippen LogP contribution in [0.3, 0.4) is 0 Å². The van der Waals surface area contributed by atoms with Crippen molar-refractivity contribution in [2.24, 2.45) is 0 Å². The zero-order valence-electron chi connectivity index (χ0n) is 15.8. The molecule has 6 heteroatoms. The molecule has 3 aromatic rings. The Balaban J connectivity index is 1.78. The molecule has 1 amide bonds. The van der Waals surface area contributed by atoms with Crippen LogP contribution in [0.15, 0.2) is 55.1 Å². The molecule has 2 atom stereocenters. The first-order valence-corrected chi connectivity index (χ1v) is 9.15. The molecular formula is C21H23N5O. The van der Waals surface area contributed by atoms with Gasteiger partial charge in [0.05, 0.1) is 18.1 Å². The van der Waals surface area contributed by atoms with Crippen molar-refractivity contribution in [1.29, 1.82) is 0 Å². The summed E-state index contributed by atoms with van der Waals surface area (Å²) in [6.07, 6.45) is 6.40. The van der Waals surface area contributed by atoms with Gasteiger partial charge in [0.2, 0.25) is 5.91 Å². The number of aryl methyl sites for hydroxylation is 1. The minimum atomic E-state index is 0.0614. The van der Waals surface area contributed by atoms with E-state index in [1.54, 1.807) is 13.1 Å². The number of anilines is 2. The number of carbonyl (C=O) groups excluding carboxylic acids is 1. The lowest BCUT2D eigenvalue weighted by atomic mass is 9.91. The predicted molar refractivity (Wildman–Crippen MR) is 106 cm³/mol. The number of fused-ring (bicyclic) bond motifs is 1. The first-order chi connectivity index (χ1) is 13.0. The summed E-state index contributed by atoms with van der Waals surface area (Å²) in [4.78, 5) is 22.9. The fourth-order valence-corrected chi connectivity index (χ4v) is 3.82. The number of rotatable bonds is 3. The second-order valence-electron chi connectivity index (χ2n) is 7.05. The molecule has 0 bridgehead atoms. The molecule has 0 spiro atoms. The second-order valence-corrected chi connectivity index (χ2v) is 7.05. The Kier molecular flexibility index (Phi) is 4.39. The van der Waals surface area contributed by atoms with Crippen LogP contribution >= 0.6 is 0 Å². The highest BCUT2D eigenvalue weighted by Gasteiger charge is 2.32. The smallest absolute Gasteiger partial charge is 0.224 e. The van der Waals surface area contributed by atoms with Crippen molar-refractivity contribution >= 4 is 17.4 Å². The van der Waals surface area contributed by atoms with Gasteiger partial charge < -0.3 is 14.8 Å². The molecule has 3 heterocycles. The summed E-state index contributed by atoms with van der Waals surface area (Å²) in [5.41, 5.74) is 4.04. The molecule has 2 aromatic heterocycles. The second kappa shape index (κ2) is 6.87. The Hall–Kier alpha value is -3.15. The topological polar surface area (TPSA) is 63.1 Å². The summed E-state index contributed by atoms with van der Waals surface area (Å²) in [7, 11) is 0. The maximum absolute atomic E-state index is 12.3. The standard InChI is InChI=1S/C21H23N5O/c1-14-12-25(13-23-14)17-7-8-20-18(11-17)19(10-15(2)26(20)16(3)27)24-21-6-4-5-9-22-21/h4-9,11-13,15,19H,10H2,1-3H3,(H,22,24)/t15-,19+/m1/s1. The number of nitrogens with zero attached hydrogens (tertiary/aromatic N) is 4. The molecule has 0 saturated carbocycles. The third-order valence-corrected chi connectivity index (χ3v) is 5.00. The number of imidazole rings is 1. The average Bonchev–Trinajstić information content (AvgIpc) is 3.08. The first kappa shape index (κ1) is 17.3. The number of carbonyl (C=O) groups is 1. The van der Waals surface area contributed by atoms with Crippen LogP contribution in [-0.2, 0) is 4.79 Å². The Bertz CT molecular complexity index is 966. The minimum absolute atomic E-state index is 0.0614. The van der Waals surface area contributed by atoms with Gasteiger partial charge in [-0.3, -0.25) is 4.79 Å². The van der Waals surface area contributed by atoms with E-state index in [4.69, 9.17) is 0 Å². The van der Waals surface area contributed by atoms with Crippen LogP contribution in [0.4, 0.5) is 11.5 Å². The Morgan fingerprint density at radius 1 is 1.22 bits per heavy atom. The van der Waals surface area contributed by atoms with Crippen molar-refractivity contribution in [3.05, 3.63) is 66.4 Å². The molecule has 0 aliphatic carbocycles. The lowest BCUT2D eigenvalue weighted by Crippen LogP contribution is -2.43. The molecule has 1 N–H and O–H groups in total. The van der Waals surface area contributed by atoms with E-state index in [0.717, 1.165) is 34.9 Å². The zero-order valence-corrected chi connectivity index (χ0v) is 15.8. The van der Waals surface area contributed by atoms with Gasteiger partial charge in [-0.2, -0.15) is 0 Å². The van der Waals surface area contributed by atoms with Gasteiger partial charge in [-0.05, 0) is 50.6 Å². The predicted octanol–water partition coefficient (Wildman–Crippen LogP) is 3.87. The van der Waals surface area contributed by atoms with E-state index in [9.17, 15) is 4.79 Å². The molecule has 6 nitrogen and oxygen atoms in total. The van der Waals surface area contributed by atoms with Gasteiger partial charge in [0.1, 0.15) is 5.82 Å². The van der Waals surface area contributed by atoms with E-state index >= 15 is 0 Å². The number of hydrogen-bond acceptors (Lipinski definition) is 4. The van der Waals surface area contributed by atoms with Crippen LogP contribution in [-0.4, -0.2) is 26.5 Å². The van der Waals surface area contributed by atoms with Crippen molar-refractivity contribution in [2.75, 3.05) is 10.2 Å². The molecule has 27 heavy (non-hydrogen) atoms. The number of nitrogens with one attached hydrogen (secondary N) is 1. The quantitative estimate of drug-likeness (QED) is 0.769. The summed E-state index contributed by atoms with van der Waals surface area (Å²) in [6.45, 7) is 5.68. The number of hydrogen-bond donors (Lipinski definition) is 1. The molecule has 0 radical (unpaired) electrons. The van der Waals surface area contributed by atoms with E-state index < -0.39 is 0 Å². The lowest BCUT2D eigenvalue weighted by molar-refractivity contribution is -0.117. The molecule has 0 unspecified atom stereocenters. The van der Waals surface area contributed by atoms with E-state index in [-0.39, 0.29) is 18.0 Å². The Morgan fingerprint density at radius 3 is 2.74 bits per heavy atom. The summed E-state index contributed by atoms with van der Waals surface area (Å²) in [6, 6.07) is 12.2. The molecule has 1 aromatic carbocycles. The summed E-state index contributed by atoms with van der Waals surface area (Å²) < 4.78 is 2.00. The monoisotopic (exact) mass is 361 g/mol. The number of pyridine rings is 1. The largest absolute Gasteiger partial charge is 0.363 e. The van der Waals surface area contributed by atoms with Crippen molar-refractivity contribution in [3.63, 3.8) is 0 Å². The third kappa shape index (κ3) is 3.30. The van der Waals surface area contributed by atoms with Crippen LogP contribution < -0.4 is 10.2 Å². The maximum atomic E-state index is 12.3. The molecule has 138 valence electrons. The number of benzene rings is 1. The zero-order chi connectivity index (χ0) is 19.0. The summed E-state index contributed by atoms with van der Waals surface area (Å²) in [5, 5.41) is 3.54. The SMILES string of the molecule is CC(=O)N1c2ccc(-n3cnc(C)c3)cc2[C@@H](Nc2ccccn2)C[C@H]1C. The third-order valence-electron chi connectivity index (χ3n) is 5.00. The lowest BCUT2D eigenvalue weighted by Gasteiger charge is -2.39. The molecule has 1 aliphatic heterocycles. The first-order valence-electron chi connectivity index (χ1n) is 9.15. The highest BCUT2D eigenvalue weighted by Crippen LogP contribution is 2.39. The highest BCUT2D eigenvalue weighted by atomic mass is 16.2. The molecular weight excluding hydrogens is 338 g/mol. The number of amides is 1. The van der Waals surface area contributed by atoms with E-state index in [1.165, 1.54) is 0 Å². The van der Waals surface area contributed by atoms with Crippen molar-refractivity contribution < 1.29 is 4.79 Å². The van der Waals surface area contributed by atoms with Crippen LogP contribution in [0.1, 0.15) is 37.6 Å². The number of aromatic nitrogens is 3. The van der Waals surface area contributed by atoms with Crippen LogP contribution in [0, 0.1) is 6.92 Å². The summed E-state index contributed by atoms with van der Waals surface area (Å²) >= 11 is 0. The van der Waals surface area contributed by atoms with Gasteiger partial charge in [-0.1, -0.05) is 6.07 Å². The molecule has 4 rings (SSSR count). The molecule has 1 aliphatic rings. The van der Waals surface area contributed by atoms with Gasteiger partial charge >= 0.3 is 0 Å². The van der Waals surface area contributed by atoms with Gasteiger partial charge in [0.15, 0.2) is 0 Å². The van der Waals surface area contributed by atoms with Gasteiger partial charge in [-0.25, -0.2) is 9.97 Å². The van der Waals surface area contributed by atoms with Gasteiger partial charge in [0, 0.05) is 42.3 Å². The van der Waals surface area contributed by atoms with Crippen LogP contribution in [0.5, 0.6) is 0 Å². The highest BCUT2D eigenvalue weighted by molar-refractivity contribution is 5.94. The van der Waals surface area contributed by atoms with E-state index in [1.807, 2.05) is 59.2 Å². The Morgan fingerprint density at radius 2 is 2.07 bits per heavy atom. The molecule has 0 saturated heterocycles. The van der Waals surface area contributed by atoms with Crippen molar-refractivity contribution in [1.82, 2.24) is 14.5 Å². The Labute approximate surface area is 158 Å². The van der Waals surface area contributed by atoms with Gasteiger partial charge in [0.25, 0.3) is 0 Å². The van der Waals surface area contributed by atoms with Crippen LogP contribution in [0.25, 0.3) is 5.69 Å². The van der Waals surface area contributed by atoms with Crippen LogP contribution in [0.2, 0.25) is 0 Å². The summed E-state index contributed by atoms with van der Waals surface area (Å²) in [5.74, 6) is 0.895. The van der Waals surface area contributed by atoms with Crippen molar-refractivity contribution in [3.8, 4) is 5.69 Å². The average molecular weight is 361 g/mol. The fourth-order valence-electron chi connectivity index (χ4n) is 3.82. The van der Waals surface area contributed by atoms with Gasteiger partial charge in [-0.15, -0.1) is 0 Å². The molecule has 0 fully saturated rings. The van der Waals surface area contributed by atoms with E-state index in [2.05, 4.69) is 28.3 Å². The minimum Gasteiger partial charge on any atom is -0.363 e.